The van der Waals surface area contributed by atoms with Crippen LogP contribution in [0.5, 0.6) is 0 Å². The van der Waals surface area contributed by atoms with Crippen molar-refractivity contribution in [1.82, 2.24) is 20.1 Å². The summed E-state index contributed by atoms with van der Waals surface area (Å²) in [6.45, 7) is 7.00. The molecule has 4 aromatic rings. The summed E-state index contributed by atoms with van der Waals surface area (Å²) in [6, 6.07) is 7.75. The molecule has 148 valence electrons. The van der Waals surface area contributed by atoms with Gasteiger partial charge in [0, 0.05) is 47.1 Å². The van der Waals surface area contributed by atoms with Crippen LogP contribution < -0.4 is 5.32 Å². The number of nitrogens with zero attached hydrogens (tertiary/aromatic N) is 3. The van der Waals surface area contributed by atoms with Crippen LogP contribution in [0.3, 0.4) is 0 Å². The van der Waals surface area contributed by atoms with Gasteiger partial charge in [-0.15, -0.1) is 0 Å². The number of carbonyl (C=O) groups is 1. The van der Waals surface area contributed by atoms with Crippen LogP contribution >= 0.6 is 0 Å². The Morgan fingerprint density at radius 3 is 2.83 bits per heavy atom. The maximum atomic E-state index is 14.3. The van der Waals surface area contributed by atoms with Crippen LogP contribution in [0.2, 0.25) is 0 Å². The van der Waals surface area contributed by atoms with E-state index in [4.69, 9.17) is 4.42 Å². The normalized spacial score (nSPS) is 11.2. The van der Waals surface area contributed by atoms with E-state index in [1.54, 1.807) is 30.7 Å². The first-order valence-corrected chi connectivity index (χ1v) is 9.42. The molecule has 0 aliphatic rings. The highest BCUT2D eigenvalue weighted by Crippen LogP contribution is 2.28. The maximum absolute atomic E-state index is 14.3. The molecule has 0 saturated carbocycles. The molecule has 0 atom stereocenters. The molecule has 3 aromatic heterocycles. The smallest absolute Gasteiger partial charge is 0.251 e. The predicted octanol–water partition coefficient (Wildman–Crippen LogP) is 4.40. The Bertz CT molecular complexity index is 1210. The quantitative estimate of drug-likeness (QED) is 0.546. The number of halogens is 1. The van der Waals surface area contributed by atoms with Crippen LogP contribution in [0, 0.1) is 19.7 Å². The fourth-order valence-electron chi connectivity index (χ4n) is 3.55. The summed E-state index contributed by atoms with van der Waals surface area (Å²) in [6.07, 6.45) is 3.16. The Morgan fingerprint density at radius 2 is 2.07 bits per heavy atom. The summed E-state index contributed by atoms with van der Waals surface area (Å²) >= 11 is 0. The Kier molecular flexibility index (Phi) is 4.88. The molecule has 0 unspecified atom stereocenters. The van der Waals surface area contributed by atoms with Crippen LogP contribution in [0.25, 0.3) is 22.2 Å². The monoisotopic (exact) mass is 392 g/mol. The van der Waals surface area contributed by atoms with E-state index in [0.29, 0.717) is 23.4 Å². The average molecular weight is 392 g/mol. The first-order valence-electron chi connectivity index (χ1n) is 9.42. The third-order valence-corrected chi connectivity index (χ3v) is 5.07. The van der Waals surface area contributed by atoms with Gasteiger partial charge in [-0.05, 0) is 51.1 Å². The van der Waals surface area contributed by atoms with E-state index in [1.807, 2.05) is 25.5 Å². The Balaban J connectivity index is 1.62. The van der Waals surface area contributed by atoms with Gasteiger partial charge in [-0.1, -0.05) is 0 Å². The van der Waals surface area contributed by atoms with Crippen molar-refractivity contribution in [3.8, 4) is 11.3 Å². The van der Waals surface area contributed by atoms with Crippen molar-refractivity contribution in [2.45, 2.75) is 33.9 Å². The lowest BCUT2D eigenvalue weighted by Gasteiger charge is -2.09. The molecule has 1 N–H and O–H groups in total. The zero-order valence-corrected chi connectivity index (χ0v) is 16.5. The second-order valence-corrected chi connectivity index (χ2v) is 6.87. The molecular weight excluding hydrogens is 371 g/mol. The van der Waals surface area contributed by atoms with Gasteiger partial charge in [0.25, 0.3) is 5.91 Å². The molecule has 7 heteroatoms. The summed E-state index contributed by atoms with van der Waals surface area (Å²) in [7, 11) is 0. The van der Waals surface area contributed by atoms with Gasteiger partial charge in [0.05, 0.1) is 17.7 Å². The highest BCUT2D eigenvalue weighted by molar-refractivity contribution is 5.97. The molecule has 0 fully saturated rings. The number of amides is 1. The van der Waals surface area contributed by atoms with Gasteiger partial charge in [-0.25, -0.2) is 4.39 Å². The van der Waals surface area contributed by atoms with E-state index in [-0.39, 0.29) is 11.5 Å². The Morgan fingerprint density at radius 1 is 1.24 bits per heavy atom. The lowest BCUT2D eigenvalue weighted by Crippen LogP contribution is -2.23. The third-order valence-electron chi connectivity index (χ3n) is 5.07. The molecule has 3 heterocycles. The Labute approximate surface area is 167 Å². The molecule has 1 amide bonds. The molecule has 0 spiro atoms. The van der Waals surface area contributed by atoms with Crippen molar-refractivity contribution in [1.29, 1.82) is 0 Å². The first-order chi connectivity index (χ1) is 14.0. The molecule has 29 heavy (non-hydrogen) atoms. The zero-order chi connectivity index (χ0) is 20.5. The fourth-order valence-corrected chi connectivity index (χ4v) is 3.55. The number of fused-ring (bicyclic) bond motifs is 1. The summed E-state index contributed by atoms with van der Waals surface area (Å²) in [4.78, 5) is 17.1. The lowest BCUT2D eigenvalue weighted by molar-refractivity contribution is 0.0950. The number of rotatable bonds is 5. The van der Waals surface area contributed by atoms with Crippen LogP contribution in [0.1, 0.15) is 34.2 Å². The van der Waals surface area contributed by atoms with Crippen LogP contribution in [0.15, 0.2) is 47.2 Å². The number of aryl methyl sites for hydroxylation is 2. The molecule has 0 aliphatic carbocycles. The number of hydrogen-bond acceptors (Lipinski definition) is 4. The molecule has 4 rings (SSSR count). The molecular formula is C22H21FN4O2. The SMILES string of the molecule is CCn1nc(C)c(CNC(=O)c2cc(F)cc(-c3nccc4occc34)c2)c1C. The fraction of sp³-hybridized carbons (Fsp3) is 0.227. The van der Waals surface area contributed by atoms with E-state index >= 15 is 0 Å². The van der Waals surface area contributed by atoms with Gasteiger partial charge in [0.1, 0.15) is 11.4 Å². The van der Waals surface area contributed by atoms with E-state index in [1.165, 1.54) is 12.1 Å². The van der Waals surface area contributed by atoms with Gasteiger partial charge in [-0.3, -0.25) is 14.5 Å². The van der Waals surface area contributed by atoms with Crippen LogP contribution in [0.4, 0.5) is 4.39 Å². The number of furan rings is 1. The second kappa shape index (κ2) is 7.50. The van der Waals surface area contributed by atoms with Gasteiger partial charge in [0.15, 0.2) is 0 Å². The molecule has 0 bridgehead atoms. The summed E-state index contributed by atoms with van der Waals surface area (Å²) in [5.74, 6) is -0.853. The van der Waals surface area contributed by atoms with Crippen LogP contribution in [-0.2, 0) is 13.1 Å². The van der Waals surface area contributed by atoms with Crippen molar-refractivity contribution in [2.75, 3.05) is 0 Å². The molecule has 0 radical (unpaired) electrons. The number of carbonyl (C=O) groups excluding carboxylic acids is 1. The molecule has 0 saturated heterocycles. The minimum Gasteiger partial charge on any atom is -0.464 e. The van der Waals surface area contributed by atoms with Crippen molar-refractivity contribution in [2.24, 2.45) is 0 Å². The first kappa shape index (κ1) is 18.9. The number of aromatic nitrogens is 3. The predicted molar refractivity (Wildman–Crippen MR) is 108 cm³/mol. The van der Waals surface area contributed by atoms with Gasteiger partial charge < -0.3 is 9.73 Å². The highest BCUT2D eigenvalue weighted by Gasteiger charge is 2.15. The number of benzene rings is 1. The summed E-state index contributed by atoms with van der Waals surface area (Å²) in [5.41, 5.74) is 4.85. The number of hydrogen-bond donors (Lipinski definition) is 1. The number of pyridine rings is 1. The van der Waals surface area contributed by atoms with E-state index in [9.17, 15) is 9.18 Å². The number of nitrogens with one attached hydrogen (secondary N) is 1. The largest absolute Gasteiger partial charge is 0.464 e. The van der Waals surface area contributed by atoms with Gasteiger partial charge in [0.2, 0.25) is 0 Å². The van der Waals surface area contributed by atoms with Crippen molar-refractivity contribution in [3.05, 3.63) is 71.1 Å². The minimum absolute atomic E-state index is 0.237. The third kappa shape index (κ3) is 3.51. The topological polar surface area (TPSA) is 73.0 Å². The average Bonchev–Trinajstić information content (AvgIpc) is 3.29. The maximum Gasteiger partial charge on any atom is 0.251 e. The van der Waals surface area contributed by atoms with Crippen molar-refractivity contribution < 1.29 is 13.6 Å². The lowest BCUT2D eigenvalue weighted by atomic mass is 10.0. The Hall–Kier alpha value is -3.48. The van der Waals surface area contributed by atoms with Crippen molar-refractivity contribution in [3.63, 3.8) is 0 Å². The zero-order valence-electron chi connectivity index (χ0n) is 16.5. The van der Waals surface area contributed by atoms with E-state index < -0.39 is 5.82 Å². The van der Waals surface area contributed by atoms with Gasteiger partial charge in [-0.2, -0.15) is 5.10 Å². The standard InChI is InChI=1S/C22H21FN4O2/c1-4-27-14(3)19(13(2)26-27)12-25-22(28)16-9-15(10-17(23)11-16)21-18-6-8-29-20(18)5-7-24-21/h5-11H,4,12H2,1-3H3,(H,25,28). The van der Waals surface area contributed by atoms with E-state index in [2.05, 4.69) is 15.4 Å². The summed E-state index contributed by atoms with van der Waals surface area (Å²) < 4.78 is 21.6. The van der Waals surface area contributed by atoms with Crippen molar-refractivity contribution >= 4 is 16.9 Å². The van der Waals surface area contributed by atoms with Crippen LogP contribution in [-0.4, -0.2) is 20.7 Å². The minimum atomic E-state index is -0.499. The van der Waals surface area contributed by atoms with E-state index in [0.717, 1.165) is 28.9 Å². The molecule has 1 aromatic carbocycles. The molecule has 0 aliphatic heterocycles. The van der Waals surface area contributed by atoms with Gasteiger partial charge >= 0.3 is 0 Å². The molecule has 6 nitrogen and oxygen atoms in total. The second-order valence-electron chi connectivity index (χ2n) is 6.87. The summed E-state index contributed by atoms with van der Waals surface area (Å²) in [5, 5.41) is 8.10. The highest BCUT2D eigenvalue weighted by atomic mass is 19.1.